The van der Waals surface area contributed by atoms with Crippen molar-refractivity contribution in [1.82, 2.24) is 4.90 Å². The molecule has 2 aliphatic heterocycles. The predicted octanol–water partition coefficient (Wildman–Crippen LogP) is 2.00. The Balaban J connectivity index is 1.73. The van der Waals surface area contributed by atoms with E-state index in [2.05, 4.69) is 11.0 Å². The van der Waals surface area contributed by atoms with E-state index in [0.29, 0.717) is 11.6 Å². The molecule has 19 heavy (non-hydrogen) atoms. The second-order valence-corrected chi connectivity index (χ2v) is 5.46. The lowest BCUT2D eigenvalue weighted by molar-refractivity contribution is -0.142. The van der Waals surface area contributed by atoms with Gasteiger partial charge in [0.1, 0.15) is 0 Å². The molecule has 3 rings (SSSR count). The summed E-state index contributed by atoms with van der Waals surface area (Å²) >= 11 is 0. The summed E-state index contributed by atoms with van der Waals surface area (Å²) in [4.78, 5) is 13.5. The number of aliphatic carboxylic acids is 1. The van der Waals surface area contributed by atoms with E-state index >= 15 is 0 Å². The minimum absolute atomic E-state index is 0.193. The van der Waals surface area contributed by atoms with Crippen LogP contribution in [0.15, 0.2) is 24.3 Å². The lowest BCUT2D eigenvalue weighted by Crippen LogP contribution is -2.32. The quantitative estimate of drug-likeness (QED) is 0.898. The largest absolute Gasteiger partial charge is 0.481 e. The molecule has 2 heterocycles. The highest BCUT2D eigenvalue weighted by Gasteiger charge is 2.48. The molecule has 98 valence electrons. The number of benzene rings is 1. The Bertz CT molecular complexity index is 532. The first-order valence-corrected chi connectivity index (χ1v) is 6.66. The molecule has 0 radical (unpaired) electrons. The Labute approximate surface area is 112 Å². The van der Waals surface area contributed by atoms with Crippen LogP contribution in [0.5, 0.6) is 0 Å². The summed E-state index contributed by atoms with van der Waals surface area (Å²) in [5.41, 5.74) is 1.82. The lowest BCUT2D eigenvalue weighted by atomic mass is 9.89. The fourth-order valence-corrected chi connectivity index (χ4v) is 3.51. The third-order valence-corrected chi connectivity index (χ3v) is 4.45. The van der Waals surface area contributed by atoms with Crippen molar-refractivity contribution in [2.24, 2.45) is 5.92 Å². The molecule has 2 bridgehead atoms. The van der Waals surface area contributed by atoms with Gasteiger partial charge in [-0.25, -0.2) is 0 Å². The molecule has 0 amide bonds. The summed E-state index contributed by atoms with van der Waals surface area (Å²) < 4.78 is 0. The molecule has 4 nitrogen and oxygen atoms in total. The molecule has 1 aromatic carbocycles. The zero-order valence-electron chi connectivity index (χ0n) is 10.6. The molecule has 3 atom stereocenters. The molecule has 3 unspecified atom stereocenters. The van der Waals surface area contributed by atoms with Crippen molar-refractivity contribution in [2.45, 2.75) is 37.9 Å². The Morgan fingerprint density at radius 1 is 1.37 bits per heavy atom. The van der Waals surface area contributed by atoms with Crippen molar-refractivity contribution >= 4 is 5.97 Å². The summed E-state index contributed by atoms with van der Waals surface area (Å²) in [5.74, 6) is -0.853. The molecular weight excluding hydrogens is 240 g/mol. The van der Waals surface area contributed by atoms with E-state index in [1.807, 2.05) is 24.3 Å². The highest BCUT2D eigenvalue weighted by molar-refractivity contribution is 5.71. The number of hydrogen-bond acceptors (Lipinski definition) is 3. The van der Waals surface area contributed by atoms with Gasteiger partial charge in [0.05, 0.1) is 17.6 Å². The second-order valence-electron chi connectivity index (χ2n) is 5.46. The standard InChI is InChI=1S/C15H16N2O2/c16-8-10-1-3-11(4-2-10)9-17-12-5-6-14(17)13(7-12)15(18)19/h1-4,12-14H,5-7,9H2,(H,18,19). The van der Waals surface area contributed by atoms with Gasteiger partial charge in [-0.2, -0.15) is 5.26 Å². The molecule has 0 aromatic heterocycles. The number of carboxylic acid groups (broad SMARTS) is 1. The van der Waals surface area contributed by atoms with Crippen LogP contribution >= 0.6 is 0 Å². The summed E-state index contributed by atoms with van der Waals surface area (Å²) in [6.45, 7) is 0.796. The van der Waals surface area contributed by atoms with E-state index in [1.54, 1.807) is 0 Å². The number of carboxylic acids is 1. The Morgan fingerprint density at radius 2 is 2.11 bits per heavy atom. The van der Waals surface area contributed by atoms with Crippen molar-refractivity contribution in [3.05, 3.63) is 35.4 Å². The zero-order chi connectivity index (χ0) is 13.4. The van der Waals surface area contributed by atoms with E-state index in [-0.39, 0.29) is 12.0 Å². The van der Waals surface area contributed by atoms with Crippen molar-refractivity contribution in [2.75, 3.05) is 0 Å². The van der Waals surface area contributed by atoms with Crippen molar-refractivity contribution in [3.63, 3.8) is 0 Å². The van der Waals surface area contributed by atoms with Gasteiger partial charge < -0.3 is 5.11 Å². The van der Waals surface area contributed by atoms with Crippen LogP contribution in [0.4, 0.5) is 0 Å². The molecule has 1 N–H and O–H groups in total. The third-order valence-electron chi connectivity index (χ3n) is 4.45. The topological polar surface area (TPSA) is 64.3 Å². The number of fused-ring (bicyclic) bond motifs is 2. The first kappa shape index (κ1) is 12.2. The Hall–Kier alpha value is -1.86. The summed E-state index contributed by atoms with van der Waals surface area (Å²) in [6.07, 6.45) is 2.90. The molecule has 2 fully saturated rings. The van der Waals surface area contributed by atoms with E-state index in [0.717, 1.165) is 31.4 Å². The minimum Gasteiger partial charge on any atom is -0.481 e. The molecule has 2 saturated heterocycles. The first-order valence-electron chi connectivity index (χ1n) is 6.66. The second kappa shape index (κ2) is 4.67. The van der Waals surface area contributed by atoms with E-state index < -0.39 is 5.97 Å². The van der Waals surface area contributed by atoms with Gasteiger partial charge in [-0.3, -0.25) is 9.69 Å². The van der Waals surface area contributed by atoms with E-state index in [9.17, 15) is 9.90 Å². The molecule has 0 saturated carbocycles. The molecule has 4 heteroatoms. The highest BCUT2D eigenvalue weighted by atomic mass is 16.4. The molecular formula is C15H16N2O2. The van der Waals surface area contributed by atoms with Gasteiger partial charge in [0.15, 0.2) is 0 Å². The maximum Gasteiger partial charge on any atom is 0.308 e. The van der Waals surface area contributed by atoms with Gasteiger partial charge in [0.25, 0.3) is 0 Å². The molecule has 1 aromatic rings. The van der Waals surface area contributed by atoms with Gasteiger partial charge in [0, 0.05) is 18.6 Å². The molecule has 0 spiro atoms. The van der Waals surface area contributed by atoms with Crippen LogP contribution in [0.2, 0.25) is 0 Å². The fourth-order valence-electron chi connectivity index (χ4n) is 3.51. The fraction of sp³-hybridized carbons (Fsp3) is 0.467. The number of hydrogen-bond donors (Lipinski definition) is 1. The predicted molar refractivity (Wildman–Crippen MR) is 69.3 cm³/mol. The van der Waals surface area contributed by atoms with Crippen LogP contribution < -0.4 is 0 Å². The van der Waals surface area contributed by atoms with Gasteiger partial charge in [-0.1, -0.05) is 12.1 Å². The monoisotopic (exact) mass is 256 g/mol. The van der Waals surface area contributed by atoms with Crippen LogP contribution in [0.1, 0.15) is 30.4 Å². The van der Waals surface area contributed by atoms with Gasteiger partial charge in [0.2, 0.25) is 0 Å². The van der Waals surface area contributed by atoms with Crippen LogP contribution in [-0.2, 0) is 11.3 Å². The minimum atomic E-state index is -0.656. The number of nitriles is 1. The van der Waals surface area contributed by atoms with Gasteiger partial charge in [-0.05, 0) is 37.0 Å². The number of carbonyl (C=O) groups is 1. The number of rotatable bonds is 3. The zero-order valence-corrected chi connectivity index (χ0v) is 10.6. The first-order chi connectivity index (χ1) is 9.19. The van der Waals surface area contributed by atoms with Gasteiger partial charge in [-0.15, -0.1) is 0 Å². The summed E-state index contributed by atoms with van der Waals surface area (Å²) in [7, 11) is 0. The van der Waals surface area contributed by atoms with Crippen LogP contribution in [0, 0.1) is 17.2 Å². The van der Waals surface area contributed by atoms with E-state index in [1.165, 1.54) is 0 Å². The lowest BCUT2D eigenvalue weighted by Gasteiger charge is -2.22. The smallest absolute Gasteiger partial charge is 0.308 e. The summed E-state index contributed by atoms with van der Waals surface area (Å²) in [5, 5.41) is 18.0. The van der Waals surface area contributed by atoms with Crippen molar-refractivity contribution < 1.29 is 9.90 Å². The highest BCUT2D eigenvalue weighted by Crippen LogP contribution is 2.42. The normalized spacial score (nSPS) is 29.3. The Morgan fingerprint density at radius 3 is 2.68 bits per heavy atom. The van der Waals surface area contributed by atoms with E-state index in [4.69, 9.17) is 5.26 Å². The third kappa shape index (κ3) is 2.11. The van der Waals surface area contributed by atoms with Crippen molar-refractivity contribution in [3.8, 4) is 6.07 Å². The average molecular weight is 256 g/mol. The summed E-state index contributed by atoms with van der Waals surface area (Å²) in [6, 6.07) is 10.3. The Kier molecular flexibility index (Phi) is 3.00. The van der Waals surface area contributed by atoms with Crippen molar-refractivity contribution in [1.29, 1.82) is 5.26 Å². The molecule has 2 aliphatic rings. The maximum absolute atomic E-state index is 11.2. The average Bonchev–Trinajstić information content (AvgIpc) is 2.97. The van der Waals surface area contributed by atoms with Gasteiger partial charge >= 0.3 is 5.97 Å². The SMILES string of the molecule is N#Cc1ccc(CN2C3CCC2C(C(=O)O)C3)cc1. The number of nitrogens with zero attached hydrogens (tertiary/aromatic N) is 2. The maximum atomic E-state index is 11.2. The van der Waals surface area contributed by atoms with Crippen LogP contribution in [-0.4, -0.2) is 28.1 Å². The molecule has 0 aliphatic carbocycles. The van der Waals surface area contributed by atoms with Crippen LogP contribution in [0.25, 0.3) is 0 Å². The van der Waals surface area contributed by atoms with Crippen LogP contribution in [0.3, 0.4) is 0 Å².